The van der Waals surface area contributed by atoms with Gasteiger partial charge in [0.25, 0.3) is 5.91 Å². The molecule has 1 amide bonds. The van der Waals surface area contributed by atoms with Crippen LogP contribution in [0.3, 0.4) is 0 Å². The van der Waals surface area contributed by atoms with Gasteiger partial charge in [0.2, 0.25) is 0 Å². The van der Waals surface area contributed by atoms with Crippen LogP contribution in [-0.2, 0) is 16.1 Å². The number of hydrogen-bond acceptors (Lipinski definition) is 3. The Hall–Kier alpha value is -3.47. The number of ether oxygens (including phenoxy) is 1. The van der Waals surface area contributed by atoms with Crippen molar-refractivity contribution in [3.8, 4) is 11.1 Å². The van der Waals surface area contributed by atoms with E-state index < -0.39 is 0 Å². The molecule has 0 bridgehead atoms. The molecule has 1 fully saturated rings. The molecule has 1 aliphatic heterocycles. The highest BCUT2D eigenvalue weighted by molar-refractivity contribution is 5.94. The number of hydrogen-bond donors (Lipinski definition) is 0. The van der Waals surface area contributed by atoms with Crippen LogP contribution in [0.1, 0.15) is 28.8 Å². The van der Waals surface area contributed by atoms with Crippen molar-refractivity contribution in [1.29, 1.82) is 0 Å². The Labute approximate surface area is 181 Å². The highest BCUT2D eigenvalue weighted by atomic mass is 19.1. The van der Waals surface area contributed by atoms with E-state index in [1.54, 1.807) is 4.90 Å². The van der Waals surface area contributed by atoms with E-state index in [9.17, 15) is 14.0 Å². The Bertz CT molecular complexity index is 1020. The Morgan fingerprint density at radius 3 is 2.10 bits per heavy atom. The number of rotatable bonds is 5. The van der Waals surface area contributed by atoms with Crippen LogP contribution in [0.4, 0.5) is 4.39 Å². The van der Waals surface area contributed by atoms with Gasteiger partial charge in [-0.1, -0.05) is 54.6 Å². The van der Waals surface area contributed by atoms with Gasteiger partial charge in [-0.3, -0.25) is 9.59 Å². The third-order valence-electron chi connectivity index (χ3n) is 5.65. The van der Waals surface area contributed by atoms with Crippen LogP contribution < -0.4 is 0 Å². The highest BCUT2D eigenvalue weighted by Gasteiger charge is 2.28. The molecule has 5 heteroatoms. The summed E-state index contributed by atoms with van der Waals surface area (Å²) in [5.74, 6) is -0.931. The van der Waals surface area contributed by atoms with Crippen molar-refractivity contribution in [3.05, 3.63) is 95.8 Å². The minimum atomic E-state index is -0.368. The molecule has 4 rings (SSSR count). The number of likely N-dealkylation sites (tertiary alicyclic amines) is 1. The van der Waals surface area contributed by atoms with Gasteiger partial charge in [-0.2, -0.15) is 0 Å². The second kappa shape index (κ2) is 9.56. The Morgan fingerprint density at radius 2 is 1.45 bits per heavy atom. The number of nitrogens with zero attached hydrogens (tertiary/aromatic N) is 1. The normalized spacial score (nSPS) is 14.3. The number of carbonyl (C=O) groups excluding carboxylic acids is 2. The van der Waals surface area contributed by atoms with E-state index in [1.807, 2.05) is 42.5 Å². The topological polar surface area (TPSA) is 46.6 Å². The van der Waals surface area contributed by atoms with Crippen molar-refractivity contribution in [1.82, 2.24) is 4.90 Å². The predicted molar refractivity (Wildman–Crippen MR) is 117 cm³/mol. The molecular weight excluding hydrogens is 393 g/mol. The molecular formula is C26H24FNO3. The summed E-state index contributed by atoms with van der Waals surface area (Å²) in [5.41, 5.74) is 3.67. The Morgan fingerprint density at radius 1 is 0.839 bits per heavy atom. The first-order valence-electron chi connectivity index (χ1n) is 10.5. The summed E-state index contributed by atoms with van der Waals surface area (Å²) in [6, 6.07) is 23.6. The minimum Gasteiger partial charge on any atom is -0.461 e. The lowest BCUT2D eigenvalue weighted by atomic mass is 9.96. The van der Waals surface area contributed by atoms with Crippen LogP contribution in [0.5, 0.6) is 0 Å². The number of amides is 1. The van der Waals surface area contributed by atoms with Crippen molar-refractivity contribution in [2.75, 3.05) is 13.1 Å². The quantitative estimate of drug-likeness (QED) is 0.544. The van der Waals surface area contributed by atoms with Crippen molar-refractivity contribution in [2.45, 2.75) is 19.4 Å². The number of piperidine rings is 1. The van der Waals surface area contributed by atoms with E-state index in [4.69, 9.17) is 4.74 Å². The molecule has 0 saturated carbocycles. The molecule has 31 heavy (non-hydrogen) atoms. The van der Waals surface area contributed by atoms with Crippen LogP contribution in [0.2, 0.25) is 0 Å². The minimum absolute atomic E-state index is 0.134. The van der Waals surface area contributed by atoms with E-state index in [-0.39, 0.29) is 30.2 Å². The van der Waals surface area contributed by atoms with E-state index in [0.29, 0.717) is 31.5 Å². The predicted octanol–water partition coefficient (Wildman–Crippen LogP) is 5.09. The molecule has 1 aliphatic rings. The average molecular weight is 417 g/mol. The number of halogens is 1. The molecule has 0 spiro atoms. The second-order valence-corrected chi connectivity index (χ2v) is 7.74. The van der Waals surface area contributed by atoms with Crippen molar-refractivity contribution >= 4 is 11.9 Å². The van der Waals surface area contributed by atoms with E-state index >= 15 is 0 Å². The zero-order valence-electron chi connectivity index (χ0n) is 17.2. The first kappa shape index (κ1) is 20.8. The largest absolute Gasteiger partial charge is 0.461 e. The van der Waals surface area contributed by atoms with Crippen LogP contribution >= 0.6 is 0 Å². The van der Waals surface area contributed by atoms with Crippen molar-refractivity contribution in [2.24, 2.45) is 5.92 Å². The van der Waals surface area contributed by atoms with Crippen LogP contribution in [0.25, 0.3) is 11.1 Å². The highest BCUT2D eigenvalue weighted by Crippen LogP contribution is 2.22. The maximum absolute atomic E-state index is 13.0. The monoisotopic (exact) mass is 417 g/mol. The van der Waals surface area contributed by atoms with Crippen molar-refractivity contribution in [3.63, 3.8) is 0 Å². The van der Waals surface area contributed by atoms with Crippen molar-refractivity contribution < 1.29 is 18.7 Å². The lowest BCUT2D eigenvalue weighted by Crippen LogP contribution is -2.40. The fourth-order valence-electron chi connectivity index (χ4n) is 3.79. The van der Waals surface area contributed by atoms with Gasteiger partial charge >= 0.3 is 5.97 Å². The smallest absolute Gasteiger partial charge is 0.309 e. The molecule has 0 aliphatic carbocycles. The molecule has 3 aromatic rings. The van der Waals surface area contributed by atoms with Gasteiger partial charge in [-0.15, -0.1) is 0 Å². The molecule has 0 aromatic heterocycles. The van der Waals surface area contributed by atoms with Crippen LogP contribution in [0, 0.1) is 11.7 Å². The third kappa shape index (κ3) is 5.18. The number of benzene rings is 3. The molecule has 1 heterocycles. The summed E-state index contributed by atoms with van der Waals surface area (Å²) in [7, 11) is 0. The van der Waals surface area contributed by atoms with E-state index in [0.717, 1.165) is 16.7 Å². The molecule has 0 unspecified atom stereocenters. The maximum atomic E-state index is 13.0. The van der Waals surface area contributed by atoms with Gasteiger partial charge in [-0.25, -0.2) is 4.39 Å². The first-order valence-corrected chi connectivity index (χ1v) is 10.5. The second-order valence-electron chi connectivity index (χ2n) is 7.74. The first-order chi connectivity index (χ1) is 15.1. The third-order valence-corrected chi connectivity index (χ3v) is 5.65. The van der Waals surface area contributed by atoms with Gasteiger partial charge in [0, 0.05) is 18.7 Å². The zero-order valence-corrected chi connectivity index (χ0v) is 17.2. The zero-order chi connectivity index (χ0) is 21.6. The molecule has 3 aromatic carbocycles. The fourth-order valence-corrected chi connectivity index (χ4v) is 3.79. The van der Waals surface area contributed by atoms with Crippen LogP contribution in [-0.4, -0.2) is 29.9 Å². The molecule has 1 saturated heterocycles. The molecule has 4 nitrogen and oxygen atoms in total. The standard InChI is InChI=1S/C26H24FNO3/c27-24-12-10-22(11-13-24)25(29)28-16-14-23(15-17-28)26(30)31-18-19-6-8-21(9-7-19)20-4-2-1-3-5-20/h1-13,23H,14-18H2. The average Bonchev–Trinajstić information content (AvgIpc) is 2.83. The van der Waals surface area contributed by atoms with Gasteiger partial charge < -0.3 is 9.64 Å². The molecule has 0 radical (unpaired) electrons. The Balaban J connectivity index is 1.25. The Kier molecular flexibility index (Phi) is 6.41. The maximum Gasteiger partial charge on any atom is 0.309 e. The van der Waals surface area contributed by atoms with Gasteiger partial charge in [-0.05, 0) is 53.8 Å². The summed E-state index contributed by atoms with van der Waals surface area (Å²) in [6.07, 6.45) is 1.14. The molecule has 158 valence electrons. The van der Waals surface area contributed by atoms with E-state index in [1.165, 1.54) is 24.3 Å². The summed E-state index contributed by atoms with van der Waals surface area (Å²) in [6.45, 7) is 1.21. The summed E-state index contributed by atoms with van der Waals surface area (Å²) in [4.78, 5) is 26.7. The van der Waals surface area contributed by atoms with Crippen LogP contribution in [0.15, 0.2) is 78.9 Å². The molecule has 0 atom stereocenters. The van der Waals surface area contributed by atoms with Gasteiger partial charge in [0.05, 0.1) is 5.92 Å². The van der Waals surface area contributed by atoms with E-state index in [2.05, 4.69) is 12.1 Å². The van der Waals surface area contributed by atoms with Gasteiger partial charge in [0.15, 0.2) is 0 Å². The summed E-state index contributed by atoms with van der Waals surface area (Å²) < 4.78 is 18.6. The summed E-state index contributed by atoms with van der Waals surface area (Å²) >= 11 is 0. The number of carbonyl (C=O) groups is 2. The summed E-state index contributed by atoms with van der Waals surface area (Å²) in [5, 5.41) is 0. The molecule has 0 N–H and O–H groups in total. The number of esters is 1. The lowest BCUT2D eigenvalue weighted by Gasteiger charge is -2.31. The lowest BCUT2D eigenvalue weighted by molar-refractivity contribution is -0.151. The SMILES string of the molecule is O=C(OCc1ccc(-c2ccccc2)cc1)C1CCN(C(=O)c2ccc(F)cc2)CC1. The fraction of sp³-hybridized carbons (Fsp3) is 0.231. The van der Waals surface area contributed by atoms with Gasteiger partial charge in [0.1, 0.15) is 12.4 Å².